The monoisotopic (exact) mass is 304 g/mol. The topological polar surface area (TPSA) is 72.9 Å². The first-order chi connectivity index (χ1) is 9.82. The molecule has 1 aliphatic carbocycles. The predicted octanol–water partition coefficient (Wildman–Crippen LogP) is 2.19. The maximum absolute atomic E-state index is 13.0. The molecule has 1 amide bonds. The number of nitrogens with two attached hydrogens (primary N) is 1. The summed E-state index contributed by atoms with van der Waals surface area (Å²) in [7, 11) is 1.66. The molecule has 2 unspecified atom stereocenters. The zero-order valence-electron chi connectivity index (χ0n) is 11.8. The molecule has 0 saturated heterocycles. The second-order valence-corrected chi connectivity index (χ2v) is 5.41. The van der Waals surface area contributed by atoms with E-state index in [2.05, 4.69) is 10.4 Å². The Balaban J connectivity index is 2.14. The van der Waals surface area contributed by atoms with Crippen molar-refractivity contribution in [3.63, 3.8) is 0 Å². The summed E-state index contributed by atoms with van der Waals surface area (Å²) in [6.07, 6.45) is -1.31. The highest BCUT2D eigenvalue weighted by atomic mass is 19.4. The molecular weight excluding hydrogens is 285 g/mol. The fourth-order valence-electron chi connectivity index (χ4n) is 2.84. The van der Waals surface area contributed by atoms with Crippen LogP contribution in [0.2, 0.25) is 0 Å². The Hall–Kier alpha value is -1.57. The average molecular weight is 304 g/mol. The maximum Gasteiger partial charge on any atom is 0.392 e. The van der Waals surface area contributed by atoms with E-state index in [0.717, 1.165) is 0 Å². The standard InChI is InChI=1S/C13H19F3N4O/c1-20-7-8(6-17)11(19-20)18-12(21)9-4-2-3-5-10(9)13(14,15)16/h7,9-10H,2-6,17H2,1H3,(H,18,19,21). The highest BCUT2D eigenvalue weighted by Gasteiger charge is 2.48. The molecule has 21 heavy (non-hydrogen) atoms. The van der Waals surface area contributed by atoms with Gasteiger partial charge in [0.05, 0.1) is 5.92 Å². The van der Waals surface area contributed by atoms with E-state index in [1.807, 2.05) is 0 Å². The number of carbonyl (C=O) groups is 1. The number of nitrogens with zero attached hydrogens (tertiary/aromatic N) is 2. The molecule has 2 atom stereocenters. The predicted molar refractivity (Wildman–Crippen MR) is 71.2 cm³/mol. The van der Waals surface area contributed by atoms with E-state index in [1.54, 1.807) is 13.2 Å². The first kappa shape index (κ1) is 15.8. The molecule has 0 aromatic carbocycles. The van der Waals surface area contributed by atoms with E-state index in [0.29, 0.717) is 18.4 Å². The Kier molecular flexibility index (Phi) is 4.55. The van der Waals surface area contributed by atoms with Crippen LogP contribution in [0.3, 0.4) is 0 Å². The van der Waals surface area contributed by atoms with Gasteiger partial charge in [-0.3, -0.25) is 9.48 Å². The smallest absolute Gasteiger partial charge is 0.326 e. The number of rotatable bonds is 3. The molecule has 1 heterocycles. The summed E-state index contributed by atoms with van der Waals surface area (Å²) in [5.41, 5.74) is 6.13. The van der Waals surface area contributed by atoms with Crippen LogP contribution in [0.4, 0.5) is 19.0 Å². The minimum Gasteiger partial charge on any atom is -0.326 e. The second kappa shape index (κ2) is 6.05. The van der Waals surface area contributed by atoms with Crippen LogP contribution in [0.15, 0.2) is 6.20 Å². The molecule has 0 spiro atoms. The van der Waals surface area contributed by atoms with Crippen molar-refractivity contribution >= 4 is 11.7 Å². The van der Waals surface area contributed by atoms with Gasteiger partial charge in [0.2, 0.25) is 5.91 Å². The van der Waals surface area contributed by atoms with Gasteiger partial charge in [-0.15, -0.1) is 0 Å². The molecule has 3 N–H and O–H groups in total. The normalized spacial score (nSPS) is 23.1. The van der Waals surface area contributed by atoms with Gasteiger partial charge in [-0.25, -0.2) is 0 Å². The Bertz CT molecular complexity index is 512. The molecule has 2 rings (SSSR count). The third kappa shape index (κ3) is 3.55. The number of alkyl halides is 3. The van der Waals surface area contributed by atoms with E-state index in [9.17, 15) is 18.0 Å². The van der Waals surface area contributed by atoms with Crippen LogP contribution < -0.4 is 11.1 Å². The lowest BCUT2D eigenvalue weighted by Gasteiger charge is -2.31. The summed E-state index contributed by atoms with van der Waals surface area (Å²) in [6, 6.07) is 0. The fourth-order valence-corrected chi connectivity index (χ4v) is 2.84. The van der Waals surface area contributed by atoms with Crippen LogP contribution in [-0.4, -0.2) is 21.9 Å². The van der Waals surface area contributed by atoms with Crippen molar-refractivity contribution in [2.75, 3.05) is 5.32 Å². The highest BCUT2D eigenvalue weighted by Crippen LogP contribution is 2.41. The number of nitrogens with one attached hydrogen (secondary N) is 1. The van der Waals surface area contributed by atoms with E-state index in [1.165, 1.54) is 4.68 Å². The molecule has 0 bridgehead atoms. The minimum atomic E-state index is -4.34. The quantitative estimate of drug-likeness (QED) is 0.899. The Labute approximate surface area is 120 Å². The molecule has 5 nitrogen and oxygen atoms in total. The van der Waals surface area contributed by atoms with Crippen molar-refractivity contribution in [1.82, 2.24) is 9.78 Å². The zero-order valence-corrected chi connectivity index (χ0v) is 11.8. The van der Waals surface area contributed by atoms with Crippen LogP contribution in [0.5, 0.6) is 0 Å². The highest BCUT2D eigenvalue weighted by molar-refractivity contribution is 5.92. The molecule has 8 heteroatoms. The van der Waals surface area contributed by atoms with Crippen molar-refractivity contribution in [3.8, 4) is 0 Å². The largest absolute Gasteiger partial charge is 0.392 e. The molecule has 118 valence electrons. The first-order valence-corrected chi connectivity index (χ1v) is 6.93. The summed E-state index contributed by atoms with van der Waals surface area (Å²) in [6.45, 7) is 0.164. The molecular formula is C13H19F3N4O. The minimum absolute atomic E-state index is 0.00749. The van der Waals surface area contributed by atoms with Crippen molar-refractivity contribution < 1.29 is 18.0 Å². The van der Waals surface area contributed by atoms with Crippen molar-refractivity contribution in [2.45, 2.75) is 38.4 Å². The second-order valence-electron chi connectivity index (χ2n) is 5.41. The lowest BCUT2D eigenvalue weighted by molar-refractivity contribution is -0.197. The summed E-state index contributed by atoms with van der Waals surface area (Å²) >= 11 is 0. The number of carbonyl (C=O) groups excluding carboxylic acids is 1. The average Bonchev–Trinajstić information content (AvgIpc) is 2.77. The number of amides is 1. The number of halogens is 3. The van der Waals surface area contributed by atoms with Crippen LogP contribution in [0.25, 0.3) is 0 Å². The SMILES string of the molecule is Cn1cc(CN)c(NC(=O)C2CCCCC2C(F)(F)F)n1. The Morgan fingerprint density at radius 3 is 2.76 bits per heavy atom. The van der Waals surface area contributed by atoms with Gasteiger partial charge >= 0.3 is 6.18 Å². The van der Waals surface area contributed by atoms with Gasteiger partial charge in [0.15, 0.2) is 5.82 Å². The van der Waals surface area contributed by atoms with Crippen molar-refractivity contribution in [2.24, 2.45) is 24.6 Å². The molecule has 1 fully saturated rings. The van der Waals surface area contributed by atoms with E-state index < -0.39 is 23.9 Å². The lowest BCUT2D eigenvalue weighted by Crippen LogP contribution is -2.39. The fraction of sp³-hybridized carbons (Fsp3) is 0.692. The zero-order chi connectivity index (χ0) is 15.6. The summed E-state index contributed by atoms with van der Waals surface area (Å²) in [5.74, 6) is -3.00. The third-order valence-electron chi connectivity index (χ3n) is 3.89. The van der Waals surface area contributed by atoms with Crippen LogP contribution in [0.1, 0.15) is 31.2 Å². The van der Waals surface area contributed by atoms with Gasteiger partial charge in [-0.05, 0) is 12.8 Å². The maximum atomic E-state index is 13.0. The van der Waals surface area contributed by atoms with Crippen LogP contribution in [0, 0.1) is 11.8 Å². The number of anilines is 1. The summed E-state index contributed by atoms with van der Waals surface area (Å²) < 4.78 is 40.5. The molecule has 0 radical (unpaired) electrons. The number of aryl methyl sites for hydroxylation is 1. The Morgan fingerprint density at radius 1 is 1.48 bits per heavy atom. The summed E-state index contributed by atoms with van der Waals surface area (Å²) in [5, 5.41) is 6.53. The van der Waals surface area contributed by atoms with E-state index in [-0.39, 0.29) is 25.2 Å². The summed E-state index contributed by atoms with van der Waals surface area (Å²) in [4.78, 5) is 12.2. The lowest BCUT2D eigenvalue weighted by atomic mass is 9.78. The van der Waals surface area contributed by atoms with Crippen LogP contribution in [-0.2, 0) is 18.4 Å². The third-order valence-corrected chi connectivity index (χ3v) is 3.89. The molecule has 1 aromatic heterocycles. The van der Waals surface area contributed by atoms with Gasteiger partial charge in [-0.1, -0.05) is 12.8 Å². The first-order valence-electron chi connectivity index (χ1n) is 6.93. The van der Waals surface area contributed by atoms with Gasteiger partial charge in [0, 0.05) is 31.3 Å². The molecule has 0 aliphatic heterocycles. The molecule has 1 aliphatic rings. The van der Waals surface area contributed by atoms with Gasteiger partial charge < -0.3 is 11.1 Å². The number of aromatic nitrogens is 2. The van der Waals surface area contributed by atoms with Gasteiger partial charge in [0.25, 0.3) is 0 Å². The molecule has 1 saturated carbocycles. The van der Waals surface area contributed by atoms with Crippen molar-refractivity contribution in [3.05, 3.63) is 11.8 Å². The number of hydrogen-bond donors (Lipinski definition) is 2. The van der Waals surface area contributed by atoms with E-state index in [4.69, 9.17) is 5.73 Å². The number of hydrogen-bond acceptors (Lipinski definition) is 3. The van der Waals surface area contributed by atoms with Gasteiger partial charge in [-0.2, -0.15) is 18.3 Å². The van der Waals surface area contributed by atoms with Crippen molar-refractivity contribution in [1.29, 1.82) is 0 Å². The van der Waals surface area contributed by atoms with Crippen LogP contribution >= 0.6 is 0 Å². The molecule has 1 aromatic rings. The Morgan fingerprint density at radius 2 is 2.14 bits per heavy atom. The van der Waals surface area contributed by atoms with E-state index >= 15 is 0 Å². The van der Waals surface area contributed by atoms with Gasteiger partial charge in [0.1, 0.15) is 0 Å².